The summed E-state index contributed by atoms with van der Waals surface area (Å²) in [5, 5.41) is 0. The van der Waals surface area contributed by atoms with E-state index in [-0.39, 0.29) is 5.97 Å². The lowest BCUT2D eigenvalue weighted by Gasteiger charge is -2.41. The number of ether oxygens (including phenoxy) is 2. The molecule has 0 atom stereocenters. The summed E-state index contributed by atoms with van der Waals surface area (Å²) in [4.78, 5) is 14.3. The molecule has 2 rings (SSSR count). The third-order valence-corrected chi connectivity index (χ3v) is 4.32. The molecule has 0 aromatic heterocycles. The molecule has 4 nitrogen and oxygen atoms in total. The van der Waals surface area contributed by atoms with Crippen molar-refractivity contribution >= 4 is 5.97 Å². The van der Waals surface area contributed by atoms with Crippen LogP contribution < -0.4 is 0 Å². The molecule has 0 aliphatic carbocycles. The number of benzene rings is 1. The third kappa shape index (κ3) is 4.31. The Kier molecular flexibility index (Phi) is 6.40. The Hall–Kier alpha value is -1.39. The highest BCUT2D eigenvalue weighted by molar-refractivity contribution is 5.69. The topological polar surface area (TPSA) is 38.8 Å². The quantitative estimate of drug-likeness (QED) is 0.573. The van der Waals surface area contributed by atoms with Gasteiger partial charge in [-0.3, -0.25) is 4.79 Å². The Morgan fingerprint density at radius 2 is 1.86 bits per heavy atom. The highest BCUT2D eigenvalue weighted by Crippen LogP contribution is 2.37. The minimum Gasteiger partial charge on any atom is -0.454 e. The molecule has 0 radical (unpaired) electrons. The first kappa shape index (κ1) is 17.0. The lowest BCUT2D eigenvalue weighted by Crippen LogP contribution is -2.46. The highest BCUT2D eigenvalue weighted by Gasteiger charge is 2.39. The predicted molar refractivity (Wildman–Crippen MR) is 86.7 cm³/mol. The van der Waals surface area contributed by atoms with Crippen LogP contribution in [0.5, 0.6) is 0 Å². The largest absolute Gasteiger partial charge is 0.454 e. The number of carbonyl (C=O) groups excluding carboxylic acids is 1. The molecule has 0 spiro atoms. The molecule has 0 saturated carbocycles. The van der Waals surface area contributed by atoms with E-state index in [1.807, 2.05) is 32.0 Å². The minimum absolute atomic E-state index is 0.119. The fraction of sp³-hybridized carbons (Fsp3) is 0.611. The normalized spacial score (nSPS) is 18.1. The molecule has 1 saturated heterocycles. The number of esters is 1. The number of rotatable bonds is 7. The van der Waals surface area contributed by atoms with Crippen molar-refractivity contribution in [1.82, 2.24) is 4.90 Å². The van der Waals surface area contributed by atoms with Crippen LogP contribution in [0.2, 0.25) is 0 Å². The predicted octanol–water partition coefficient (Wildman–Crippen LogP) is 2.97. The lowest BCUT2D eigenvalue weighted by molar-refractivity contribution is -0.166. The van der Waals surface area contributed by atoms with Crippen LogP contribution in [0.3, 0.4) is 0 Å². The first-order chi connectivity index (χ1) is 10.7. The Bertz CT molecular complexity index is 453. The summed E-state index contributed by atoms with van der Waals surface area (Å²) in [7, 11) is 0. The van der Waals surface area contributed by atoms with E-state index in [1.54, 1.807) is 0 Å². The van der Waals surface area contributed by atoms with Gasteiger partial charge in [0.15, 0.2) is 0 Å². The second-order valence-corrected chi connectivity index (χ2v) is 5.73. The second-order valence-electron chi connectivity index (χ2n) is 5.73. The summed E-state index contributed by atoms with van der Waals surface area (Å²) < 4.78 is 11.3. The maximum Gasteiger partial charge on any atom is 0.306 e. The molecule has 1 aromatic carbocycles. The van der Waals surface area contributed by atoms with Gasteiger partial charge >= 0.3 is 5.97 Å². The van der Waals surface area contributed by atoms with Crippen LogP contribution in [-0.4, -0.2) is 43.7 Å². The Balaban J connectivity index is 2.04. The Labute approximate surface area is 133 Å². The molecule has 4 heteroatoms. The monoisotopic (exact) mass is 305 g/mol. The smallest absolute Gasteiger partial charge is 0.306 e. The van der Waals surface area contributed by atoms with E-state index in [2.05, 4.69) is 17.0 Å². The number of piperidine rings is 1. The molecule has 1 heterocycles. The van der Waals surface area contributed by atoms with Crippen LogP contribution in [-0.2, 0) is 19.9 Å². The van der Waals surface area contributed by atoms with E-state index in [0.717, 1.165) is 51.3 Å². The summed E-state index contributed by atoms with van der Waals surface area (Å²) in [5.41, 5.74) is 0.650. The van der Waals surface area contributed by atoms with Gasteiger partial charge in [0.25, 0.3) is 0 Å². The van der Waals surface area contributed by atoms with Crippen LogP contribution in [0.1, 0.15) is 38.7 Å². The number of likely N-dealkylation sites (tertiary alicyclic amines) is 1. The second kappa shape index (κ2) is 8.30. The van der Waals surface area contributed by atoms with Gasteiger partial charge in [-0.2, -0.15) is 0 Å². The maximum atomic E-state index is 11.9. The van der Waals surface area contributed by atoms with E-state index in [0.29, 0.717) is 6.42 Å². The minimum atomic E-state index is -0.462. The SMILES string of the molecule is CCOCCN1CCC(OC(=O)CC)(c2ccccc2)CC1. The van der Waals surface area contributed by atoms with Crippen molar-refractivity contribution in [2.45, 2.75) is 38.7 Å². The van der Waals surface area contributed by atoms with Crippen LogP contribution >= 0.6 is 0 Å². The zero-order valence-corrected chi connectivity index (χ0v) is 13.7. The molecule has 1 aromatic rings. The highest BCUT2D eigenvalue weighted by atomic mass is 16.6. The molecule has 22 heavy (non-hydrogen) atoms. The molecule has 1 fully saturated rings. The summed E-state index contributed by atoms with van der Waals surface area (Å²) >= 11 is 0. The van der Waals surface area contributed by atoms with E-state index >= 15 is 0 Å². The van der Waals surface area contributed by atoms with Crippen LogP contribution in [0, 0.1) is 0 Å². The van der Waals surface area contributed by atoms with Crippen LogP contribution in [0.15, 0.2) is 30.3 Å². The molecule has 1 aliphatic heterocycles. The van der Waals surface area contributed by atoms with E-state index in [1.165, 1.54) is 0 Å². The molecule has 122 valence electrons. The van der Waals surface area contributed by atoms with Gasteiger partial charge in [-0.15, -0.1) is 0 Å². The number of nitrogens with zero attached hydrogens (tertiary/aromatic N) is 1. The van der Waals surface area contributed by atoms with Crippen LogP contribution in [0.4, 0.5) is 0 Å². The summed E-state index contributed by atoms with van der Waals surface area (Å²) in [5.74, 6) is -0.119. The van der Waals surface area contributed by atoms with Gasteiger partial charge in [-0.05, 0) is 12.5 Å². The van der Waals surface area contributed by atoms with Crippen molar-refractivity contribution in [2.24, 2.45) is 0 Å². The van der Waals surface area contributed by atoms with E-state index in [4.69, 9.17) is 9.47 Å². The van der Waals surface area contributed by atoms with E-state index in [9.17, 15) is 4.79 Å². The summed E-state index contributed by atoms with van der Waals surface area (Å²) in [6, 6.07) is 10.2. The zero-order valence-electron chi connectivity index (χ0n) is 13.7. The molecule has 0 bridgehead atoms. The molecule has 1 aliphatic rings. The van der Waals surface area contributed by atoms with Crippen LogP contribution in [0.25, 0.3) is 0 Å². The number of hydrogen-bond donors (Lipinski definition) is 0. The first-order valence-corrected chi connectivity index (χ1v) is 8.27. The van der Waals surface area contributed by atoms with Gasteiger partial charge < -0.3 is 14.4 Å². The van der Waals surface area contributed by atoms with Crippen molar-refractivity contribution in [2.75, 3.05) is 32.8 Å². The molecular formula is C18H27NO3. The summed E-state index contributed by atoms with van der Waals surface area (Å²) in [6.07, 6.45) is 2.10. The van der Waals surface area contributed by atoms with Crippen molar-refractivity contribution in [3.8, 4) is 0 Å². The van der Waals surface area contributed by atoms with Gasteiger partial charge in [0.1, 0.15) is 5.60 Å². The average molecular weight is 305 g/mol. The van der Waals surface area contributed by atoms with Crippen molar-refractivity contribution < 1.29 is 14.3 Å². The molecular weight excluding hydrogens is 278 g/mol. The Morgan fingerprint density at radius 1 is 1.18 bits per heavy atom. The van der Waals surface area contributed by atoms with E-state index < -0.39 is 5.60 Å². The molecule has 0 N–H and O–H groups in total. The first-order valence-electron chi connectivity index (χ1n) is 8.27. The van der Waals surface area contributed by atoms with Gasteiger partial charge in [0, 0.05) is 45.5 Å². The number of hydrogen-bond acceptors (Lipinski definition) is 4. The maximum absolute atomic E-state index is 11.9. The fourth-order valence-electron chi connectivity index (χ4n) is 2.96. The van der Waals surface area contributed by atoms with Gasteiger partial charge in [0.05, 0.1) is 6.61 Å². The molecule has 0 unspecified atom stereocenters. The molecule has 0 amide bonds. The summed E-state index contributed by atoms with van der Waals surface area (Å²) in [6.45, 7) is 8.19. The zero-order chi connectivity index (χ0) is 15.8. The van der Waals surface area contributed by atoms with Gasteiger partial charge in [0.2, 0.25) is 0 Å². The standard InChI is InChI=1S/C18H27NO3/c1-3-17(20)22-18(16-8-6-5-7-9-16)10-12-19(13-11-18)14-15-21-4-2/h5-9H,3-4,10-15H2,1-2H3. The van der Waals surface area contributed by atoms with Crippen molar-refractivity contribution in [3.63, 3.8) is 0 Å². The fourth-order valence-corrected chi connectivity index (χ4v) is 2.96. The lowest BCUT2D eigenvalue weighted by atomic mass is 9.84. The van der Waals surface area contributed by atoms with Crippen molar-refractivity contribution in [1.29, 1.82) is 0 Å². The van der Waals surface area contributed by atoms with Crippen molar-refractivity contribution in [3.05, 3.63) is 35.9 Å². The number of carbonyl (C=O) groups is 1. The van der Waals surface area contributed by atoms with Gasteiger partial charge in [-0.1, -0.05) is 37.3 Å². The average Bonchev–Trinajstić information content (AvgIpc) is 2.57. The van der Waals surface area contributed by atoms with Gasteiger partial charge in [-0.25, -0.2) is 0 Å². The third-order valence-electron chi connectivity index (χ3n) is 4.32. The Morgan fingerprint density at radius 3 is 2.45 bits per heavy atom.